The lowest BCUT2D eigenvalue weighted by molar-refractivity contribution is 0.0665. The lowest BCUT2D eigenvalue weighted by atomic mass is 9.98. The molecule has 0 atom stereocenters. The molecule has 1 aliphatic carbocycles. The van der Waals surface area contributed by atoms with Gasteiger partial charge in [0.05, 0.1) is 0 Å². The number of amides is 1. The van der Waals surface area contributed by atoms with Crippen molar-refractivity contribution in [1.29, 1.82) is 0 Å². The number of benzene rings is 3. The molecule has 6 nitrogen and oxygen atoms in total. The van der Waals surface area contributed by atoms with Gasteiger partial charge in [-0.2, -0.15) is 0 Å². The number of hydrogen-bond acceptors (Lipinski definition) is 4. The van der Waals surface area contributed by atoms with E-state index in [0.717, 1.165) is 10.9 Å². The Kier molecular flexibility index (Phi) is 5.87. The molecule has 0 saturated carbocycles. The van der Waals surface area contributed by atoms with Crippen molar-refractivity contribution in [2.45, 2.75) is 12.3 Å². The van der Waals surface area contributed by atoms with E-state index in [9.17, 15) is 9.59 Å². The van der Waals surface area contributed by atoms with Crippen LogP contribution >= 0.6 is 0 Å². The Hall–Kier alpha value is -4.32. The quantitative estimate of drug-likeness (QED) is 0.331. The summed E-state index contributed by atoms with van der Waals surface area (Å²) < 4.78 is 10.8. The van der Waals surface area contributed by atoms with Crippen molar-refractivity contribution in [3.8, 4) is 11.1 Å². The Morgan fingerprint density at radius 2 is 1.68 bits per heavy atom. The molecule has 0 aliphatic heterocycles. The van der Waals surface area contributed by atoms with E-state index in [1.807, 2.05) is 48.6 Å². The number of alkyl carbamates (subject to hydrolysis) is 1. The highest BCUT2D eigenvalue weighted by Gasteiger charge is 2.28. The summed E-state index contributed by atoms with van der Waals surface area (Å²) >= 11 is 0. The zero-order chi connectivity index (χ0) is 23.5. The maximum absolute atomic E-state index is 12.2. The van der Waals surface area contributed by atoms with E-state index >= 15 is 0 Å². The van der Waals surface area contributed by atoms with E-state index in [1.54, 1.807) is 6.07 Å². The second-order valence-electron chi connectivity index (χ2n) is 8.16. The molecule has 0 radical (unpaired) electrons. The summed E-state index contributed by atoms with van der Waals surface area (Å²) in [7, 11) is 0. The van der Waals surface area contributed by atoms with Crippen molar-refractivity contribution in [3.63, 3.8) is 0 Å². The number of aromatic carboxylic acids is 1. The average Bonchev–Trinajstić information content (AvgIpc) is 3.42. The zero-order valence-corrected chi connectivity index (χ0v) is 18.4. The van der Waals surface area contributed by atoms with Gasteiger partial charge in [0.15, 0.2) is 0 Å². The van der Waals surface area contributed by atoms with Crippen molar-refractivity contribution in [3.05, 3.63) is 101 Å². The predicted molar refractivity (Wildman–Crippen MR) is 130 cm³/mol. The smallest absolute Gasteiger partial charge is 0.407 e. The molecule has 1 aromatic heterocycles. The molecule has 0 spiro atoms. The largest absolute Gasteiger partial charge is 0.475 e. The molecule has 3 aromatic carbocycles. The summed E-state index contributed by atoms with van der Waals surface area (Å²) in [5.41, 5.74) is 6.22. The second-order valence-corrected chi connectivity index (χ2v) is 8.16. The van der Waals surface area contributed by atoms with Gasteiger partial charge in [-0.25, -0.2) is 9.59 Å². The first-order valence-corrected chi connectivity index (χ1v) is 11.1. The van der Waals surface area contributed by atoms with Crippen LogP contribution in [0, 0.1) is 0 Å². The summed E-state index contributed by atoms with van der Waals surface area (Å²) in [6.45, 7) is 0.739. The summed E-state index contributed by atoms with van der Waals surface area (Å²) in [4.78, 5) is 23.3. The van der Waals surface area contributed by atoms with Gasteiger partial charge in [0.1, 0.15) is 12.2 Å². The van der Waals surface area contributed by atoms with Crippen LogP contribution in [0.4, 0.5) is 4.79 Å². The van der Waals surface area contributed by atoms with Gasteiger partial charge in [0.25, 0.3) is 0 Å². The van der Waals surface area contributed by atoms with Gasteiger partial charge < -0.3 is 19.6 Å². The first-order chi connectivity index (χ1) is 16.6. The molecule has 0 fully saturated rings. The van der Waals surface area contributed by atoms with Crippen LogP contribution in [0.1, 0.15) is 39.6 Å². The Balaban J connectivity index is 1.12. The molecule has 1 heterocycles. The van der Waals surface area contributed by atoms with Crippen LogP contribution in [0.3, 0.4) is 0 Å². The lowest BCUT2D eigenvalue weighted by Crippen LogP contribution is -2.26. The third kappa shape index (κ3) is 4.30. The monoisotopic (exact) mass is 453 g/mol. The first-order valence-electron chi connectivity index (χ1n) is 11.1. The van der Waals surface area contributed by atoms with E-state index in [2.05, 4.69) is 29.6 Å². The Morgan fingerprint density at radius 1 is 0.971 bits per heavy atom. The van der Waals surface area contributed by atoms with Crippen LogP contribution in [0.15, 0.2) is 83.3 Å². The molecule has 6 heteroatoms. The maximum atomic E-state index is 12.2. The summed E-state index contributed by atoms with van der Waals surface area (Å²) in [5.74, 6) is -1.13. The summed E-state index contributed by atoms with van der Waals surface area (Å²) in [5, 5.41) is 12.6. The predicted octanol–water partition coefficient (Wildman–Crippen LogP) is 6.07. The van der Waals surface area contributed by atoms with Crippen molar-refractivity contribution < 1.29 is 23.8 Å². The maximum Gasteiger partial charge on any atom is 0.407 e. The fourth-order valence-electron chi connectivity index (χ4n) is 4.40. The van der Waals surface area contributed by atoms with E-state index in [-0.39, 0.29) is 11.7 Å². The summed E-state index contributed by atoms with van der Waals surface area (Å²) in [6.07, 6.45) is 4.07. The van der Waals surface area contributed by atoms with Crippen LogP contribution < -0.4 is 5.32 Å². The lowest BCUT2D eigenvalue weighted by Gasteiger charge is -2.14. The van der Waals surface area contributed by atoms with E-state index < -0.39 is 12.1 Å². The summed E-state index contributed by atoms with van der Waals surface area (Å²) in [6, 6.07) is 23.5. The SMILES string of the molecule is O=C(NCCC=Cc1ccc2oc(C(=O)O)cc2c1)OCC1c2ccccc2-c2ccccc21. The van der Waals surface area contributed by atoms with Gasteiger partial charge in [0.2, 0.25) is 5.76 Å². The molecule has 0 unspecified atom stereocenters. The number of nitrogens with one attached hydrogen (secondary N) is 1. The van der Waals surface area contributed by atoms with Gasteiger partial charge in [-0.05, 0) is 52.4 Å². The molecule has 4 aromatic rings. The van der Waals surface area contributed by atoms with E-state index in [0.29, 0.717) is 25.2 Å². The number of rotatable bonds is 7. The highest BCUT2D eigenvalue weighted by Crippen LogP contribution is 2.44. The fourth-order valence-corrected chi connectivity index (χ4v) is 4.40. The highest BCUT2D eigenvalue weighted by atomic mass is 16.5. The molecule has 2 N–H and O–H groups in total. The number of carbonyl (C=O) groups excluding carboxylic acids is 1. The second kappa shape index (κ2) is 9.27. The van der Waals surface area contributed by atoms with E-state index in [1.165, 1.54) is 28.3 Å². The van der Waals surface area contributed by atoms with Crippen LogP contribution in [0.25, 0.3) is 28.2 Å². The third-order valence-electron chi connectivity index (χ3n) is 5.99. The molecule has 1 aliphatic rings. The Labute approximate surface area is 196 Å². The van der Waals surface area contributed by atoms with Crippen LogP contribution in [0.2, 0.25) is 0 Å². The minimum atomic E-state index is -1.09. The molecular weight excluding hydrogens is 430 g/mol. The highest BCUT2D eigenvalue weighted by molar-refractivity contribution is 5.92. The topological polar surface area (TPSA) is 88.8 Å². The van der Waals surface area contributed by atoms with Crippen molar-refractivity contribution in [2.75, 3.05) is 13.2 Å². The van der Waals surface area contributed by atoms with E-state index in [4.69, 9.17) is 14.3 Å². The number of carboxylic acids is 1. The van der Waals surface area contributed by atoms with Gasteiger partial charge in [0, 0.05) is 17.8 Å². The van der Waals surface area contributed by atoms with Gasteiger partial charge in [-0.1, -0.05) is 66.7 Å². The molecule has 0 bridgehead atoms. The molecule has 5 rings (SSSR count). The van der Waals surface area contributed by atoms with Crippen molar-refractivity contribution >= 4 is 29.1 Å². The average molecular weight is 453 g/mol. The van der Waals surface area contributed by atoms with Gasteiger partial charge in [-0.3, -0.25) is 0 Å². The number of hydrogen-bond donors (Lipinski definition) is 2. The van der Waals surface area contributed by atoms with Crippen molar-refractivity contribution in [2.24, 2.45) is 0 Å². The van der Waals surface area contributed by atoms with Crippen molar-refractivity contribution in [1.82, 2.24) is 5.32 Å². The number of fused-ring (bicyclic) bond motifs is 4. The number of carboxylic acid groups (broad SMARTS) is 1. The normalized spacial score (nSPS) is 12.6. The Bertz CT molecular complexity index is 1360. The molecular formula is C28H23NO5. The zero-order valence-electron chi connectivity index (χ0n) is 18.4. The molecule has 34 heavy (non-hydrogen) atoms. The Morgan fingerprint density at radius 3 is 2.38 bits per heavy atom. The standard InChI is InChI=1S/C28H23NO5/c30-27(31)26-16-19-15-18(12-13-25(19)34-26)7-5-6-14-29-28(32)33-17-24-22-10-3-1-8-20(22)21-9-2-4-11-23(21)24/h1-5,7-13,15-16,24H,6,14,17H2,(H,29,32)(H,30,31). The number of ether oxygens (including phenoxy) is 1. The number of carbonyl (C=O) groups is 2. The molecule has 1 amide bonds. The minimum absolute atomic E-state index is 0.0394. The third-order valence-corrected chi connectivity index (χ3v) is 5.99. The first kappa shape index (κ1) is 21.5. The van der Waals surface area contributed by atoms with Gasteiger partial charge in [-0.15, -0.1) is 0 Å². The fraction of sp³-hybridized carbons (Fsp3) is 0.143. The van der Waals surface area contributed by atoms with Gasteiger partial charge >= 0.3 is 12.1 Å². The van der Waals surface area contributed by atoms with Crippen LogP contribution in [0.5, 0.6) is 0 Å². The molecule has 170 valence electrons. The minimum Gasteiger partial charge on any atom is -0.475 e. The molecule has 0 saturated heterocycles. The van der Waals surface area contributed by atoms with Crippen LogP contribution in [-0.2, 0) is 4.74 Å². The number of furan rings is 1. The van der Waals surface area contributed by atoms with Crippen LogP contribution in [-0.4, -0.2) is 30.3 Å².